The summed E-state index contributed by atoms with van der Waals surface area (Å²) in [6, 6.07) is 5.93. The molecule has 5 nitrogen and oxygen atoms in total. The zero-order valence-electron chi connectivity index (χ0n) is 12.3. The molecular formula is C16H19N3O2. The first-order valence-electron chi connectivity index (χ1n) is 7.17. The SMILES string of the molecule is Cc1noc(C)c1CNC(=O)c1ccc2c(c1)CNCC2. The van der Waals surface area contributed by atoms with Crippen molar-refractivity contribution in [1.29, 1.82) is 0 Å². The fourth-order valence-electron chi connectivity index (χ4n) is 2.65. The van der Waals surface area contributed by atoms with E-state index in [4.69, 9.17) is 4.52 Å². The summed E-state index contributed by atoms with van der Waals surface area (Å²) in [6.07, 6.45) is 1.02. The topological polar surface area (TPSA) is 67.2 Å². The third kappa shape index (κ3) is 2.83. The molecule has 3 rings (SSSR count). The van der Waals surface area contributed by atoms with Crippen LogP contribution in [-0.2, 0) is 19.5 Å². The van der Waals surface area contributed by atoms with Gasteiger partial charge in [0, 0.05) is 24.2 Å². The number of nitrogens with zero attached hydrogens (tertiary/aromatic N) is 1. The minimum absolute atomic E-state index is 0.0663. The van der Waals surface area contributed by atoms with E-state index in [2.05, 4.69) is 21.9 Å². The Morgan fingerprint density at radius 1 is 1.38 bits per heavy atom. The zero-order valence-corrected chi connectivity index (χ0v) is 12.3. The van der Waals surface area contributed by atoms with E-state index in [1.807, 2.05) is 26.0 Å². The van der Waals surface area contributed by atoms with Gasteiger partial charge in [-0.2, -0.15) is 0 Å². The minimum Gasteiger partial charge on any atom is -0.361 e. The second-order valence-corrected chi connectivity index (χ2v) is 5.40. The Kier molecular flexibility index (Phi) is 3.75. The van der Waals surface area contributed by atoms with Crippen molar-refractivity contribution in [3.63, 3.8) is 0 Å². The van der Waals surface area contributed by atoms with Crippen LogP contribution in [0.5, 0.6) is 0 Å². The van der Waals surface area contributed by atoms with Gasteiger partial charge >= 0.3 is 0 Å². The maximum atomic E-state index is 12.3. The molecule has 5 heteroatoms. The van der Waals surface area contributed by atoms with Gasteiger partial charge in [0.1, 0.15) is 5.76 Å². The molecule has 2 aromatic rings. The summed E-state index contributed by atoms with van der Waals surface area (Å²) in [5.74, 6) is 0.686. The molecule has 2 N–H and O–H groups in total. The van der Waals surface area contributed by atoms with Gasteiger partial charge in [0.05, 0.1) is 5.69 Å². The van der Waals surface area contributed by atoms with Crippen LogP contribution in [0, 0.1) is 13.8 Å². The van der Waals surface area contributed by atoms with E-state index in [1.165, 1.54) is 11.1 Å². The summed E-state index contributed by atoms with van der Waals surface area (Å²) in [6.45, 7) is 6.01. The molecule has 110 valence electrons. The summed E-state index contributed by atoms with van der Waals surface area (Å²) in [5.41, 5.74) is 5.01. The van der Waals surface area contributed by atoms with Gasteiger partial charge in [-0.25, -0.2) is 0 Å². The number of nitrogens with one attached hydrogen (secondary N) is 2. The van der Waals surface area contributed by atoms with Gasteiger partial charge in [0.2, 0.25) is 0 Å². The monoisotopic (exact) mass is 285 g/mol. The van der Waals surface area contributed by atoms with Crippen molar-refractivity contribution in [1.82, 2.24) is 15.8 Å². The van der Waals surface area contributed by atoms with Gasteiger partial charge in [-0.15, -0.1) is 0 Å². The molecule has 1 aliphatic rings. The van der Waals surface area contributed by atoms with Gasteiger partial charge in [-0.05, 0) is 50.1 Å². The van der Waals surface area contributed by atoms with Crippen molar-refractivity contribution in [3.05, 3.63) is 51.9 Å². The third-order valence-corrected chi connectivity index (χ3v) is 3.96. The van der Waals surface area contributed by atoms with Crippen LogP contribution in [0.2, 0.25) is 0 Å². The summed E-state index contributed by atoms with van der Waals surface area (Å²) >= 11 is 0. The lowest BCUT2D eigenvalue weighted by atomic mass is 9.98. The molecule has 0 radical (unpaired) electrons. The smallest absolute Gasteiger partial charge is 0.251 e. The lowest BCUT2D eigenvalue weighted by molar-refractivity contribution is 0.0950. The van der Waals surface area contributed by atoms with Crippen LogP contribution in [0.25, 0.3) is 0 Å². The molecule has 1 amide bonds. The largest absolute Gasteiger partial charge is 0.361 e. The van der Waals surface area contributed by atoms with Crippen molar-refractivity contribution in [3.8, 4) is 0 Å². The van der Waals surface area contributed by atoms with Gasteiger partial charge in [-0.1, -0.05) is 11.2 Å². The highest BCUT2D eigenvalue weighted by molar-refractivity contribution is 5.94. The Morgan fingerprint density at radius 2 is 2.24 bits per heavy atom. The Labute approximate surface area is 123 Å². The fraction of sp³-hybridized carbons (Fsp3) is 0.375. The van der Waals surface area contributed by atoms with Gasteiger partial charge in [0.15, 0.2) is 0 Å². The van der Waals surface area contributed by atoms with Crippen LogP contribution in [0.4, 0.5) is 0 Å². The third-order valence-electron chi connectivity index (χ3n) is 3.96. The first-order valence-corrected chi connectivity index (χ1v) is 7.17. The van der Waals surface area contributed by atoms with Crippen molar-refractivity contribution in [2.24, 2.45) is 0 Å². The van der Waals surface area contributed by atoms with Crippen molar-refractivity contribution in [2.45, 2.75) is 33.4 Å². The quantitative estimate of drug-likeness (QED) is 0.903. The molecule has 0 saturated heterocycles. The number of amides is 1. The molecule has 2 heterocycles. The average molecular weight is 285 g/mol. The molecule has 0 aliphatic carbocycles. The number of rotatable bonds is 3. The standard InChI is InChI=1S/C16H19N3O2/c1-10-15(11(2)21-19-10)9-18-16(20)13-4-3-12-5-6-17-8-14(12)7-13/h3-4,7,17H,5-6,8-9H2,1-2H3,(H,18,20). The molecule has 0 atom stereocenters. The molecule has 0 unspecified atom stereocenters. The number of fused-ring (bicyclic) bond motifs is 1. The number of hydrogen-bond donors (Lipinski definition) is 2. The molecule has 1 aromatic carbocycles. The molecule has 21 heavy (non-hydrogen) atoms. The van der Waals surface area contributed by atoms with E-state index < -0.39 is 0 Å². The molecule has 1 aliphatic heterocycles. The fourth-order valence-corrected chi connectivity index (χ4v) is 2.65. The van der Waals surface area contributed by atoms with Crippen molar-refractivity contribution < 1.29 is 9.32 Å². The minimum atomic E-state index is -0.0663. The first-order chi connectivity index (χ1) is 10.1. The first kappa shape index (κ1) is 13.8. The highest BCUT2D eigenvalue weighted by atomic mass is 16.5. The normalized spacial score (nSPS) is 13.8. The zero-order chi connectivity index (χ0) is 14.8. The number of benzene rings is 1. The lowest BCUT2D eigenvalue weighted by Gasteiger charge is -2.17. The maximum Gasteiger partial charge on any atom is 0.251 e. The van der Waals surface area contributed by atoms with Gasteiger partial charge < -0.3 is 15.2 Å². The number of aromatic nitrogens is 1. The van der Waals surface area contributed by atoms with Crippen LogP contribution in [0.15, 0.2) is 22.7 Å². The Morgan fingerprint density at radius 3 is 3.00 bits per heavy atom. The van der Waals surface area contributed by atoms with Crippen LogP contribution in [-0.4, -0.2) is 17.6 Å². The molecule has 0 saturated carbocycles. The Bertz CT molecular complexity index is 657. The summed E-state index contributed by atoms with van der Waals surface area (Å²) in [5, 5.41) is 10.1. The second-order valence-electron chi connectivity index (χ2n) is 5.40. The van der Waals surface area contributed by atoms with E-state index in [9.17, 15) is 4.79 Å². The van der Waals surface area contributed by atoms with Crippen molar-refractivity contribution in [2.75, 3.05) is 6.54 Å². The number of hydrogen-bond acceptors (Lipinski definition) is 4. The molecular weight excluding hydrogens is 266 g/mol. The summed E-state index contributed by atoms with van der Waals surface area (Å²) in [7, 11) is 0. The predicted octanol–water partition coefficient (Wildman–Crippen LogP) is 1.87. The molecule has 0 spiro atoms. The number of carbonyl (C=O) groups is 1. The summed E-state index contributed by atoms with van der Waals surface area (Å²) < 4.78 is 5.10. The van der Waals surface area contributed by atoms with E-state index in [1.54, 1.807) is 0 Å². The lowest BCUT2D eigenvalue weighted by Crippen LogP contribution is -2.26. The van der Waals surface area contributed by atoms with E-state index in [0.717, 1.165) is 36.5 Å². The van der Waals surface area contributed by atoms with Gasteiger partial charge in [-0.3, -0.25) is 4.79 Å². The highest BCUT2D eigenvalue weighted by Crippen LogP contribution is 2.16. The average Bonchev–Trinajstić information content (AvgIpc) is 2.83. The van der Waals surface area contributed by atoms with Crippen LogP contribution in [0.1, 0.15) is 38.5 Å². The molecule has 0 fully saturated rings. The van der Waals surface area contributed by atoms with E-state index in [-0.39, 0.29) is 5.91 Å². The van der Waals surface area contributed by atoms with E-state index >= 15 is 0 Å². The Balaban J connectivity index is 1.71. The summed E-state index contributed by atoms with van der Waals surface area (Å²) in [4.78, 5) is 12.3. The van der Waals surface area contributed by atoms with Gasteiger partial charge in [0.25, 0.3) is 5.91 Å². The predicted molar refractivity (Wildman–Crippen MR) is 79.0 cm³/mol. The maximum absolute atomic E-state index is 12.3. The second kappa shape index (κ2) is 5.69. The highest BCUT2D eigenvalue weighted by Gasteiger charge is 2.14. The van der Waals surface area contributed by atoms with Crippen LogP contribution >= 0.6 is 0 Å². The number of aryl methyl sites for hydroxylation is 2. The Hall–Kier alpha value is -2.14. The van der Waals surface area contributed by atoms with E-state index in [0.29, 0.717) is 12.1 Å². The van der Waals surface area contributed by atoms with Crippen molar-refractivity contribution >= 4 is 5.91 Å². The number of carbonyl (C=O) groups excluding carboxylic acids is 1. The molecule has 0 bridgehead atoms. The van der Waals surface area contributed by atoms with Crippen LogP contribution in [0.3, 0.4) is 0 Å². The van der Waals surface area contributed by atoms with Crippen LogP contribution < -0.4 is 10.6 Å². The molecule has 1 aromatic heterocycles.